The number of carbonyl (C=O) groups is 2. The standard InChI is InChI=1S/C17H24N2O4/c1-19(15-8-10-23-11-9-15)17(22)18-12-14-4-2-13(3-5-14)6-7-16(20)21/h2-5,15H,6-12H2,1H3,(H,18,22)(H,20,21). The van der Waals surface area contributed by atoms with Crippen molar-refractivity contribution in [3.05, 3.63) is 35.4 Å². The Kier molecular flexibility index (Phi) is 6.40. The molecule has 6 nitrogen and oxygen atoms in total. The summed E-state index contributed by atoms with van der Waals surface area (Å²) in [7, 11) is 1.82. The van der Waals surface area contributed by atoms with Crippen molar-refractivity contribution in [2.75, 3.05) is 20.3 Å². The summed E-state index contributed by atoms with van der Waals surface area (Å²) in [5, 5.41) is 11.6. The van der Waals surface area contributed by atoms with E-state index in [9.17, 15) is 9.59 Å². The van der Waals surface area contributed by atoms with Crippen molar-refractivity contribution in [3.63, 3.8) is 0 Å². The predicted octanol–water partition coefficient (Wildman–Crippen LogP) is 2.02. The summed E-state index contributed by atoms with van der Waals surface area (Å²) < 4.78 is 5.31. The van der Waals surface area contributed by atoms with Gasteiger partial charge in [-0.25, -0.2) is 4.79 Å². The Morgan fingerprint density at radius 2 is 1.83 bits per heavy atom. The number of carbonyl (C=O) groups excluding carboxylic acids is 1. The van der Waals surface area contributed by atoms with E-state index in [2.05, 4.69) is 5.32 Å². The molecule has 2 rings (SSSR count). The second-order valence-corrected chi connectivity index (χ2v) is 5.82. The molecule has 0 unspecified atom stereocenters. The van der Waals surface area contributed by atoms with Crippen molar-refractivity contribution in [1.82, 2.24) is 10.2 Å². The molecule has 0 aromatic heterocycles. The third-order valence-electron chi connectivity index (χ3n) is 4.15. The summed E-state index contributed by atoms with van der Waals surface area (Å²) in [6.45, 7) is 1.88. The van der Waals surface area contributed by atoms with Gasteiger partial charge >= 0.3 is 12.0 Å². The topological polar surface area (TPSA) is 78.9 Å². The molecule has 1 saturated heterocycles. The zero-order valence-electron chi connectivity index (χ0n) is 13.5. The predicted molar refractivity (Wildman–Crippen MR) is 86.2 cm³/mol. The molecule has 0 radical (unpaired) electrons. The molecule has 1 aliphatic heterocycles. The van der Waals surface area contributed by atoms with Crippen molar-refractivity contribution in [1.29, 1.82) is 0 Å². The average Bonchev–Trinajstić information content (AvgIpc) is 2.58. The number of aliphatic carboxylic acids is 1. The van der Waals surface area contributed by atoms with E-state index in [-0.39, 0.29) is 18.5 Å². The van der Waals surface area contributed by atoms with E-state index in [0.29, 0.717) is 26.2 Å². The maximum Gasteiger partial charge on any atom is 0.317 e. The first-order valence-electron chi connectivity index (χ1n) is 7.94. The summed E-state index contributed by atoms with van der Waals surface area (Å²) >= 11 is 0. The van der Waals surface area contributed by atoms with Crippen LogP contribution >= 0.6 is 0 Å². The molecular weight excluding hydrogens is 296 g/mol. The molecule has 6 heteroatoms. The van der Waals surface area contributed by atoms with Crippen LogP contribution in [0.15, 0.2) is 24.3 Å². The number of amides is 2. The zero-order valence-corrected chi connectivity index (χ0v) is 13.5. The SMILES string of the molecule is CN(C(=O)NCc1ccc(CCC(=O)O)cc1)C1CCOCC1. The van der Waals surface area contributed by atoms with E-state index in [0.717, 1.165) is 24.0 Å². The van der Waals surface area contributed by atoms with Gasteiger partial charge in [0.1, 0.15) is 0 Å². The van der Waals surface area contributed by atoms with Crippen LogP contribution < -0.4 is 5.32 Å². The second-order valence-electron chi connectivity index (χ2n) is 5.82. The Morgan fingerprint density at radius 1 is 1.22 bits per heavy atom. The highest BCUT2D eigenvalue weighted by atomic mass is 16.5. The maximum absolute atomic E-state index is 12.2. The third-order valence-corrected chi connectivity index (χ3v) is 4.15. The number of hydrogen-bond donors (Lipinski definition) is 2. The highest BCUT2D eigenvalue weighted by Crippen LogP contribution is 2.13. The highest BCUT2D eigenvalue weighted by molar-refractivity contribution is 5.74. The fourth-order valence-corrected chi connectivity index (χ4v) is 2.62. The fraction of sp³-hybridized carbons (Fsp3) is 0.529. The Hall–Kier alpha value is -2.08. The van der Waals surface area contributed by atoms with Crippen LogP contribution in [0.2, 0.25) is 0 Å². The number of hydrogen-bond acceptors (Lipinski definition) is 3. The molecule has 0 saturated carbocycles. The van der Waals surface area contributed by atoms with E-state index < -0.39 is 5.97 Å². The number of nitrogens with zero attached hydrogens (tertiary/aromatic N) is 1. The lowest BCUT2D eigenvalue weighted by Gasteiger charge is -2.31. The van der Waals surface area contributed by atoms with Crippen LogP contribution in [0.4, 0.5) is 4.79 Å². The van der Waals surface area contributed by atoms with Gasteiger partial charge in [0.05, 0.1) is 0 Å². The van der Waals surface area contributed by atoms with E-state index in [1.165, 1.54) is 0 Å². The van der Waals surface area contributed by atoms with Gasteiger partial charge in [-0.1, -0.05) is 24.3 Å². The van der Waals surface area contributed by atoms with Gasteiger partial charge in [-0.3, -0.25) is 4.79 Å². The number of aryl methyl sites for hydroxylation is 1. The minimum Gasteiger partial charge on any atom is -0.481 e. The number of ether oxygens (including phenoxy) is 1. The smallest absolute Gasteiger partial charge is 0.317 e. The van der Waals surface area contributed by atoms with Gasteiger partial charge in [0, 0.05) is 39.3 Å². The summed E-state index contributed by atoms with van der Waals surface area (Å²) in [6, 6.07) is 7.82. The van der Waals surface area contributed by atoms with Crippen molar-refractivity contribution in [2.45, 2.75) is 38.3 Å². The van der Waals surface area contributed by atoms with Crippen molar-refractivity contribution < 1.29 is 19.4 Å². The number of rotatable bonds is 6. The molecule has 2 amide bonds. The van der Waals surface area contributed by atoms with Crippen LogP contribution in [0, 0.1) is 0 Å². The zero-order chi connectivity index (χ0) is 16.7. The molecule has 0 spiro atoms. The van der Waals surface area contributed by atoms with Crippen molar-refractivity contribution in [2.24, 2.45) is 0 Å². The first kappa shape index (κ1) is 17.3. The van der Waals surface area contributed by atoms with Gasteiger partial charge in [0.15, 0.2) is 0 Å². The first-order chi connectivity index (χ1) is 11.1. The monoisotopic (exact) mass is 320 g/mol. The molecule has 0 bridgehead atoms. The van der Waals surface area contributed by atoms with Crippen LogP contribution in [-0.2, 0) is 22.5 Å². The molecule has 0 aliphatic carbocycles. The molecule has 1 heterocycles. The summed E-state index contributed by atoms with van der Waals surface area (Å²) in [4.78, 5) is 24.5. The summed E-state index contributed by atoms with van der Waals surface area (Å²) in [5.41, 5.74) is 1.99. The molecule has 2 N–H and O–H groups in total. The van der Waals surface area contributed by atoms with Crippen LogP contribution in [0.1, 0.15) is 30.4 Å². The Labute approximate surface area is 136 Å². The molecule has 1 aromatic carbocycles. The quantitative estimate of drug-likeness (QED) is 0.840. The van der Waals surface area contributed by atoms with E-state index in [1.54, 1.807) is 4.90 Å². The Balaban J connectivity index is 1.78. The number of benzene rings is 1. The van der Waals surface area contributed by atoms with E-state index >= 15 is 0 Å². The lowest BCUT2D eigenvalue weighted by Crippen LogP contribution is -2.45. The van der Waals surface area contributed by atoms with Gasteiger partial charge in [-0.15, -0.1) is 0 Å². The van der Waals surface area contributed by atoms with Crippen LogP contribution in [0.3, 0.4) is 0 Å². The number of nitrogens with one attached hydrogen (secondary N) is 1. The second kappa shape index (κ2) is 8.53. The van der Waals surface area contributed by atoms with E-state index in [1.807, 2.05) is 31.3 Å². The van der Waals surface area contributed by atoms with Crippen LogP contribution in [0.25, 0.3) is 0 Å². The van der Waals surface area contributed by atoms with Gasteiger partial charge in [-0.2, -0.15) is 0 Å². The summed E-state index contributed by atoms with van der Waals surface area (Å²) in [6.07, 6.45) is 2.41. The Bertz CT molecular complexity index is 524. The van der Waals surface area contributed by atoms with Gasteiger partial charge < -0.3 is 20.1 Å². The lowest BCUT2D eigenvalue weighted by atomic mass is 10.1. The number of carboxylic acid groups (broad SMARTS) is 1. The number of carboxylic acids is 1. The van der Waals surface area contributed by atoms with Crippen LogP contribution in [0.5, 0.6) is 0 Å². The van der Waals surface area contributed by atoms with Gasteiger partial charge in [0.2, 0.25) is 0 Å². The van der Waals surface area contributed by atoms with E-state index in [4.69, 9.17) is 9.84 Å². The Morgan fingerprint density at radius 3 is 2.43 bits per heavy atom. The van der Waals surface area contributed by atoms with Crippen LogP contribution in [-0.4, -0.2) is 48.3 Å². The molecule has 23 heavy (non-hydrogen) atoms. The van der Waals surface area contributed by atoms with Gasteiger partial charge in [-0.05, 0) is 30.4 Å². The molecular formula is C17H24N2O4. The maximum atomic E-state index is 12.2. The fourth-order valence-electron chi connectivity index (χ4n) is 2.62. The minimum atomic E-state index is -0.794. The molecule has 126 valence electrons. The molecule has 1 aliphatic rings. The third kappa shape index (κ3) is 5.56. The summed E-state index contributed by atoms with van der Waals surface area (Å²) in [5.74, 6) is -0.794. The highest BCUT2D eigenvalue weighted by Gasteiger charge is 2.22. The average molecular weight is 320 g/mol. The molecule has 0 atom stereocenters. The largest absolute Gasteiger partial charge is 0.481 e. The van der Waals surface area contributed by atoms with Crippen molar-refractivity contribution >= 4 is 12.0 Å². The van der Waals surface area contributed by atoms with Gasteiger partial charge in [0.25, 0.3) is 0 Å². The normalized spacial score (nSPS) is 15.2. The van der Waals surface area contributed by atoms with Crippen molar-refractivity contribution in [3.8, 4) is 0 Å². The minimum absolute atomic E-state index is 0.0770. The first-order valence-corrected chi connectivity index (χ1v) is 7.94. The number of urea groups is 1. The lowest BCUT2D eigenvalue weighted by molar-refractivity contribution is -0.136. The molecule has 1 aromatic rings. The molecule has 1 fully saturated rings.